The normalized spacial score (nSPS) is 11.4. The van der Waals surface area contributed by atoms with Crippen molar-refractivity contribution in [1.82, 2.24) is 20.2 Å². The molecule has 3 aromatic heterocycles. The summed E-state index contributed by atoms with van der Waals surface area (Å²) in [5.41, 5.74) is 3.51. The van der Waals surface area contributed by atoms with Gasteiger partial charge in [0.1, 0.15) is 17.8 Å². The van der Waals surface area contributed by atoms with Gasteiger partial charge in [-0.15, -0.1) is 0 Å². The lowest BCUT2D eigenvalue weighted by Crippen LogP contribution is -2.26. The summed E-state index contributed by atoms with van der Waals surface area (Å²) < 4.78 is 24.2. The molecule has 5 aromatic rings. The van der Waals surface area contributed by atoms with E-state index >= 15 is 0 Å². The summed E-state index contributed by atoms with van der Waals surface area (Å²) in [6.45, 7) is 1.99. The number of hydrogen-bond donors (Lipinski definition) is 2. The van der Waals surface area contributed by atoms with Gasteiger partial charge in [-0.3, -0.25) is 9.69 Å². The van der Waals surface area contributed by atoms with Crippen LogP contribution in [0.25, 0.3) is 10.9 Å². The largest absolute Gasteiger partial charge is 0.467 e. The van der Waals surface area contributed by atoms with Crippen molar-refractivity contribution in [2.75, 3.05) is 6.54 Å². The molecule has 1 amide bonds. The van der Waals surface area contributed by atoms with Crippen molar-refractivity contribution < 1.29 is 18.0 Å². The Labute approximate surface area is 201 Å². The molecule has 0 saturated carbocycles. The van der Waals surface area contributed by atoms with Gasteiger partial charge in [0.2, 0.25) is 5.89 Å². The minimum Gasteiger partial charge on any atom is -0.467 e. The number of oxazole rings is 1. The average molecular weight is 473 g/mol. The fourth-order valence-electron chi connectivity index (χ4n) is 4.03. The van der Waals surface area contributed by atoms with E-state index in [1.54, 1.807) is 30.5 Å². The number of benzene rings is 2. The van der Waals surface area contributed by atoms with Crippen molar-refractivity contribution in [2.45, 2.75) is 26.1 Å². The zero-order valence-corrected chi connectivity index (χ0v) is 19.0. The lowest BCUT2D eigenvalue weighted by molar-refractivity contribution is 0.0943. The van der Waals surface area contributed by atoms with Gasteiger partial charge in [-0.05, 0) is 47.9 Å². The number of nitrogens with zero attached hydrogens (tertiary/aromatic N) is 2. The van der Waals surface area contributed by atoms with E-state index in [0.29, 0.717) is 24.7 Å². The maximum Gasteiger partial charge on any atom is 0.273 e. The number of rotatable bonds is 10. The van der Waals surface area contributed by atoms with Crippen molar-refractivity contribution in [1.29, 1.82) is 0 Å². The number of aromatic nitrogens is 2. The molecule has 178 valence electrons. The van der Waals surface area contributed by atoms with Gasteiger partial charge in [-0.2, -0.15) is 0 Å². The van der Waals surface area contributed by atoms with Gasteiger partial charge in [-0.25, -0.2) is 9.37 Å². The van der Waals surface area contributed by atoms with Crippen LogP contribution >= 0.6 is 0 Å². The lowest BCUT2D eigenvalue weighted by Gasteiger charge is -2.21. The number of hydrogen-bond acceptors (Lipinski definition) is 5. The molecule has 8 heteroatoms. The van der Waals surface area contributed by atoms with Gasteiger partial charge >= 0.3 is 0 Å². The Morgan fingerprint density at radius 3 is 2.71 bits per heavy atom. The molecule has 0 unspecified atom stereocenters. The number of nitrogens with one attached hydrogen (secondary N) is 2. The fraction of sp³-hybridized carbons (Fsp3) is 0.185. The summed E-state index contributed by atoms with van der Waals surface area (Å²) >= 11 is 0. The number of carbonyl (C=O) groups excluding carboxylic acids is 1. The van der Waals surface area contributed by atoms with E-state index in [0.717, 1.165) is 24.0 Å². The number of H-pyrrole nitrogens is 1. The molecule has 0 spiro atoms. The van der Waals surface area contributed by atoms with Crippen LogP contribution in [0.2, 0.25) is 0 Å². The molecule has 0 aliphatic carbocycles. The van der Waals surface area contributed by atoms with Crippen molar-refractivity contribution >= 4 is 16.8 Å². The second-order valence-electron chi connectivity index (χ2n) is 8.34. The summed E-state index contributed by atoms with van der Waals surface area (Å²) in [5, 5.41) is 3.96. The van der Waals surface area contributed by atoms with Crippen LogP contribution in [0.5, 0.6) is 0 Å². The SMILES string of the molecule is O=C(NCc1ccco1)c1coc(CN(CCc2c[nH]c3ccccc23)Cc2ccc(F)cc2)n1. The van der Waals surface area contributed by atoms with Crippen molar-refractivity contribution in [2.24, 2.45) is 0 Å². The molecule has 35 heavy (non-hydrogen) atoms. The van der Waals surface area contributed by atoms with Crippen molar-refractivity contribution in [3.05, 3.63) is 114 Å². The molecule has 5 rings (SSSR count). The van der Waals surface area contributed by atoms with Gasteiger partial charge in [0.05, 0.1) is 19.4 Å². The van der Waals surface area contributed by atoms with Crippen LogP contribution in [-0.2, 0) is 26.1 Å². The lowest BCUT2D eigenvalue weighted by atomic mass is 10.1. The summed E-state index contributed by atoms with van der Waals surface area (Å²) in [5.74, 6) is 0.497. The number of carbonyl (C=O) groups is 1. The number of para-hydroxylation sites is 1. The highest BCUT2D eigenvalue weighted by Gasteiger charge is 2.16. The first kappa shape index (κ1) is 22.6. The first-order valence-corrected chi connectivity index (χ1v) is 11.4. The third kappa shape index (κ3) is 5.67. The number of aromatic amines is 1. The predicted molar refractivity (Wildman–Crippen MR) is 129 cm³/mol. The second-order valence-corrected chi connectivity index (χ2v) is 8.34. The molecule has 7 nitrogen and oxygen atoms in total. The minimum absolute atomic E-state index is 0.213. The van der Waals surface area contributed by atoms with Crippen LogP contribution in [0.15, 0.2) is 88.2 Å². The summed E-state index contributed by atoms with van der Waals surface area (Å²) in [6.07, 6.45) is 5.76. The maximum absolute atomic E-state index is 13.4. The molecule has 0 radical (unpaired) electrons. The summed E-state index contributed by atoms with van der Waals surface area (Å²) in [4.78, 5) is 22.3. The first-order valence-electron chi connectivity index (χ1n) is 11.4. The van der Waals surface area contributed by atoms with Crippen LogP contribution in [0.1, 0.15) is 33.3 Å². The van der Waals surface area contributed by atoms with E-state index in [2.05, 4.69) is 32.3 Å². The van der Waals surface area contributed by atoms with Gasteiger partial charge in [0.25, 0.3) is 5.91 Å². The third-order valence-electron chi connectivity index (χ3n) is 5.84. The molecular formula is C27H25FN4O3. The Morgan fingerprint density at radius 2 is 1.89 bits per heavy atom. The molecule has 0 bridgehead atoms. The van der Waals surface area contributed by atoms with E-state index in [4.69, 9.17) is 8.83 Å². The van der Waals surface area contributed by atoms with Crippen LogP contribution in [-0.4, -0.2) is 27.3 Å². The van der Waals surface area contributed by atoms with E-state index in [1.165, 1.54) is 29.3 Å². The maximum atomic E-state index is 13.4. The van der Waals surface area contributed by atoms with Crippen LogP contribution < -0.4 is 5.32 Å². The average Bonchev–Trinajstić information content (AvgIpc) is 3.64. The summed E-state index contributed by atoms with van der Waals surface area (Å²) in [7, 11) is 0. The van der Waals surface area contributed by atoms with Crippen LogP contribution in [0, 0.1) is 5.82 Å². The Bertz CT molecular complexity index is 1390. The molecule has 2 aromatic carbocycles. The Balaban J connectivity index is 1.27. The van der Waals surface area contributed by atoms with Crippen molar-refractivity contribution in [3.63, 3.8) is 0 Å². The van der Waals surface area contributed by atoms with Gasteiger partial charge in [0, 0.05) is 30.2 Å². The molecule has 2 N–H and O–H groups in total. The Kier molecular flexibility index (Phi) is 6.72. The zero-order valence-electron chi connectivity index (χ0n) is 19.0. The molecule has 0 saturated heterocycles. The number of amides is 1. The quantitative estimate of drug-likeness (QED) is 0.297. The molecule has 0 aliphatic heterocycles. The Morgan fingerprint density at radius 1 is 1.03 bits per heavy atom. The van der Waals surface area contributed by atoms with Gasteiger partial charge < -0.3 is 19.1 Å². The van der Waals surface area contributed by atoms with E-state index in [-0.39, 0.29) is 24.0 Å². The second kappa shape index (κ2) is 10.4. The molecular weight excluding hydrogens is 447 g/mol. The van der Waals surface area contributed by atoms with E-state index in [9.17, 15) is 9.18 Å². The highest BCUT2D eigenvalue weighted by Crippen LogP contribution is 2.19. The monoisotopic (exact) mass is 472 g/mol. The number of furan rings is 1. The first-order chi connectivity index (χ1) is 17.1. The molecule has 0 fully saturated rings. The highest BCUT2D eigenvalue weighted by molar-refractivity contribution is 5.91. The molecule has 3 heterocycles. The number of fused-ring (bicyclic) bond motifs is 1. The van der Waals surface area contributed by atoms with Crippen molar-refractivity contribution in [3.8, 4) is 0 Å². The topological polar surface area (TPSA) is 87.3 Å². The highest BCUT2D eigenvalue weighted by atomic mass is 19.1. The van der Waals surface area contributed by atoms with E-state index in [1.807, 2.05) is 18.3 Å². The third-order valence-corrected chi connectivity index (χ3v) is 5.84. The van der Waals surface area contributed by atoms with E-state index < -0.39 is 0 Å². The van der Waals surface area contributed by atoms with Crippen LogP contribution in [0.4, 0.5) is 4.39 Å². The molecule has 0 atom stereocenters. The zero-order chi connectivity index (χ0) is 24.0. The standard InChI is InChI=1S/C27H25FN4O3/c28-21-9-7-19(8-10-21)16-32(12-11-20-14-29-24-6-2-1-5-23(20)24)17-26-31-25(18-35-26)27(33)30-15-22-4-3-13-34-22/h1-10,13-14,18,29H,11-12,15-17H2,(H,30,33). The predicted octanol–water partition coefficient (Wildman–Crippen LogP) is 5.06. The number of halogens is 1. The fourth-order valence-corrected chi connectivity index (χ4v) is 4.03. The van der Waals surface area contributed by atoms with Crippen LogP contribution in [0.3, 0.4) is 0 Å². The Hall–Kier alpha value is -4.17. The van der Waals surface area contributed by atoms with Gasteiger partial charge in [0.15, 0.2) is 5.69 Å². The summed E-state index contributed by atoms with van der Waals surface area (Å²) in [6, 6.07) is 18.2. The minimum atomic E-state index is -0.333. The smallest absolute Gasteiger partial charge is 0.273 e. The van der Waals surface area contributed by atoms with Gasteiger partial charge in [-0.1, -0.05) is 30.3 Å². The molecule has 0 aliphatic rings.